The zero-order chi connectivity index (χ0) is 24.2. The van der Waals surface area contributed by atoms with Crippen LogP contribution in [0, 0.1) is 13.8 Å². The van der Waals surface area contributed by atoms with Gasteiger partial charge in [0.2, 0.25) is 0 Å². The number of carbonyl (C=O) groups excluding carboxylic acids is 1. The van der Waals surface area contributed by atoms with Crippen molar-refractivity contribution in [2.24, 2.45) is 0 Å². The third-order valence-electron chi connectivity index (χ3n) is 6.10. The molecule has 0 fully saturated rings. The summed E-state index contributed by atoms with van der Waals surface area (Å²) in [6, 6.07) is 22.6. The maximum Gasteiger partial charge on any atom is 0.260 e. The van der Waals surface area contributed by atoms with Gasteiger partial charge in [0.15, 0.2) is 5.13 Å². The summed E-state index contributed by atoms with van der Waals surface area (Å²) in [7, 11) is 0. The van der Waals surface area contributed by atoms with Crippen LogP contribution in [0.1, 0.15) is 39.0 Å². The Hall–Kier alpha value is -3.77. The molecule has 35 heavy (non-hydrogen) atoms. The van der Waals surface area contributed by atoms with Gasteiger partial charge in [0.1, 0.15) is 0 Å². The Morgan fingerprint density at radius 1 is 1.00 bits per heavy atom. The summed E-state index contributed by atoms with van der Waals surface area (Å²) in [6.07, 6.45) is 7.18. The van der Waals surface area contributed by atoms with Crippen molar-refractivity contribution in [2.45, 2.75) is 33.2 Å². The van der Waals surface area contributed by atoms with Crippen LogP contribution in [0.25, 0.3) is 10.2 Å². The first-order chi connectivity index (χ1) is 17.1. The number of hydrogen-bond acceptors (Lipinski definition) is 4. The van der Waals surface area contributed by atoms with Crippen molar-refractivity contribution in [1.29, 1.82) is 0 Å². The number of fused-ring (bicyclic) bond motifs is 1. The minimum Gasteiger partial charge on any atom is -0.337 e. The van der Waals surface area contributed by atoms with Gasteiger partial charge in [-0.25, -0.2) is 9.97 Å². The molecule has 5 aromatic rings. The lowest BCUT2D eigenvalue weighted by Gasteiger charge is -2.20. The summed E-state index contributed by atoms with van der Waals surface area (Å²) in [5, 5.41) is 0.748. The number of carbonyl (C=O) groups is 1. The second-order valence-corrected chi connectivity index (χ2v) is 9.90. The van der Waals surface area contributed by atoms with E-state index in [0.717, 1.165) is 40.3 Å². The molecule has 0 unspecified atom stereocenters. The van der Waals surface area contributed by atoms with Crippen LogP contribution in [0.3, 0.4) is 0 Å². The molecule has 0 aliphatic carbocycles. The van der Waals surface area contributed by atoms with Crippen LogP contribution in [0.5, 0.6) is 0 Å². The average molecular weight is 481 g/mol. The molecule has 0 bridgehead atoms. The molecule has 0 aliphatic heterocycles. The number of hydrogen-bond donors (Lipinski definition) is 0. The van der Waals surface area contributed by atoms with Gasteiger partial charge < -0.3 is 4.57 Å². The van der Waals surface area contributed by atoms with Crippen molar-refractivity contribution in [3.63, 3.8) is 0 Å². The molecule has 0 radical (unpaired) electrons. The fraction of sp³-hybridized carbons (Fsp3) is 0.207. The highest BCUT2D eigenvalue weighted by Gasteiger charge is 2.22. The van der Waals surface area contributed by atoms with Gasteiger partial charge in [0, 0.05) is 31.0 Å². The smallest absolute Gasteiger partial charge is 0.260 e. The lowest BCUT2D eigenvalue weighted by Crippen LogP contribution is -2.32. The van der Waals surface area contributed by atoms with E-state index in [1.165, 1.54) is 16.7 Å². The first kappa shape index (κ1) is 23.0. The molecule has 3 aromatic carbocycles. The zero-order valence-electron chi connectivity index (χ0n) is 20.0. The second kappa shape index (κ2) is 10.2. The van der Waals surface area contributed by atoms with Gasteiger partial charge in [-0.15, -0.1) is 0 Å². The normalized spacial score (nSPS) is 11.1. The van der Waals surface area contributed by atoms with Gasteiger partial charge in [-0.3, -0.25) is 9.69 Å². The van der Waals surface area contributed by atoms with E-state index in [2.05, 4.69) is 67.4 Å². The summed E-state index contributed by atoms with van der Waals surface area (Å²) >= 11 is 1.58. The Balaban J connectivity index is 1.40. The number of anilines is 1. The number of imidazole rings is 1. The Morgan fingerprint density at radius 2 is 1.77 bits per heavy atom. The van der Waals surface area contributed by atoms with Crippen molar-refractivity contribution in [2.75, 3.05) is 11.4 Å². The molecule has 0 spiro atoms. The summed E-state index contributed by atoms with van der Waals surface area (Å²) in [6.45, 7) is 5.55. The van der Waals surface area contributed by atoms with Gasteiger partial charge in [0.25, 0.3) is 5.91 Å². The molecule has 2 aromatic heterocycles. The third kappa shape index (κ3) is 5.33. The maximum absolute atomic E-state index is 13.7. The van der Waals surface area contributed by atoms with E-state index in [9.17, 15) is 4.79 Å². The van der Waals surface area contributed by atoms with Crippen molar-refractivity contribution < 1.29 is 4.79 Å². The monoisotopic (exact) mass is 480 g/mol. The molecule has 176 valence electrons. The highest BCUT2D eigenvalue weighted by Crippen LogP contribution is 2.32. The standard InChI is InChI=1S/C29H28N4OS/c1-21-17-22(2)27-26(18-21)35-29(31-27)33(15-6-14-32-16-13-30-20-32)28(34)25-11-9-24(10-12-25)19-23-7-4-3-5-8-23/h3-5,7-13,16-18,20H,6,14-15,19H2,1-2H3. The molecule has 5 rings (SSSR count). The van der Waals surface area contributed by atoms with Gasteiger partial charge in [-0.1, -0.05) is 59.9 Å². The van der Waals surface area contributed by atoms with Gasteiger partial charge in [-0.05, 0) is 67.1 Å². The van der Waals surface area contributed by atoms with E-state index in [1.54, 1.807) is 23.9 Å². The molecule has 0 atom stereocenters. The first-order valence-corrected chi connectivity index (χ1v) is 12.7. The first-order valence-electron chi connectivity index (χ1n) is 11.8. The molecular formula is C29H28N4OS. The summed E-state index contributed by atoms with van der Waals surface area (Å²) < 4.78 is 3.15. The summed E-state index contributed by atoms with van der Waals surface area (Å²) in [5.74, 6) is -0.0182. The predicted octanol–water partition coefficient (Wildman–Crippen LogP) is 6.44. The van der Waals surface area contributed by atoms with Crippen molar-refractivity contribution in [3.05, 3.63) is 113 Å². The Morgan fingerprint density at radius 3 is 2.51 bits per heavy atom. The predicted molar refractivity (Wildman–Crippen MR) is 143 cm³/mol. The summed E-state index contributed by atoms with van der Waals surface area (Å²) in [5.41, 5.74) is 6.44. The van der Waals surface area contributed by atoms with Crippen LogP contribution in [0.4, 0.5) is 5.13 Å². The number of benzene rings is 3. The number of aryl methyl sites for hydroxylation is 3. The molecular weight excluding hydrogens is 452 g/mol. The van der Waals surface area contributed by atoms with Crippen LogP contribution in [-0.2, 0) is 13.0 Å². The number of nitrogens with zero attached hydrogens (tertiary/aromatic N) is 4. The fourth-order valence-corrected chi connectivity index (χ4v) is 5.51. The van der Waals surface area contributed by atoms with E-state index < -0.39 is 0 Å². The zero-order valence-corrected chi connectivity index (χ0v) is 20.8. The van der Waals surface area contributed by atoms with E-state index in [4.69, 9.17) is 4.98 Å². The topological polar surface area (TPSA) is 51.0 Å². The molecule has 0 N–H and O–H groups in total. The molecule has 2 heterocycles. The van der Waals surface area contributed by atoms with Crippen molar-refractivity contribution >= 4 is 32.6 Å². The molecule has 5 nitrogen and oxygen atoms in total. The number of aromatic nitrogens is 3. The van der Waals surface area contributed by atoms with E-state index in [0.29, 0.717) is 12.1 Å². The van der Waals surface area contributed by atoms with E-state index >= 15 is 0 Å². The van der Waals surface area contributed by atoms with Gasteiger partial charge in [-0.2, -0.15) is 0 Å². The minimum atomic E-state index is -0.0182. The number of rotatable bonds is 8. The quantitative estimate of drug-likeness (QED) is 0.257. The molecule has 0 saturated carbocycles. The average Bonchev–Trinajstić information content (AvgIpc) is 3.53. The van der Waals surface area contributed by atoms with Crippen molar-refractivity contribution in [1.82, 2.24) is 14.5 Å². The Bertz CT molecular complexity index is 1420. The van der Waals surface area contributed by atoms with Crippen LogP contribution in [0.15, 0.2) is 85.5 Å². The van der Waals surface area contributed by atoms with Crippen LogP contribution < -0.4 is 4.90 Å². The lowest BCUT2D eigenvalue weighted by atomic mass is 10.0. The highest BCUT2D eigenvalue weighted by atomic mass is 32.1. The minimum absolute atomic E-state index is 0.0182. The highest BCUT2D eigenvalue weighted by molar-refractivity contribution is 7.22. The number of amides is 1. The molecule has 0 saturated heterocycles. The van der Waals surface area contributed by atoms with Gasteiger partial charge in [0.05, 0.1) is 16.5 Å². The van der Waals surface area contributed by atoms with E-state index in [1.807, 2.05) is 33.9 Å². The third-order valence-corrected chi connectivity index (χ3v) is 7.13. The van der Waals surface area contributed by atoms with Crippen LogP contribution in [0.2, 0.25) is 0 Å². The van der Waals surface area contributed by atoms with Crippen LogP contribution >= 0.6 is 11.3 Å². The fourth-order valence-electron chi connectivity index (χ4n) is 4.34. The largest absolute Gasteiger partial charge is 0.337 e. The molecule has 6 heteroatoms. The van der Waals surface area contributed by atoms with E-state index in [-0.39, 0.29) is 5.91 Å². The van der Waals surface area contributed by atoms with Crippen molar-refractivity contribution in [3.8, 4) is 0 Å². The molecule has 1 amide bonds. The lowest BCUT2D eigenvalue weighted by molar-refractivity contribution is 0.0986. The Kier molecular flexibility index (Phi) is 6.73. The van der Waals surface area contributed by atoms with Crippen LogP contribution in [-0.4, -0.2) is 27.0 Å². The number of thiazole rings is 1. The maximum atomic E-state index is 13.7. The van der Waals surface area contributed by atoms with Gasteiger partial charge >= 0.3 is 0 Å². The molecule has 0 aliphatic rings. The second-order valence-electron chi connectivity index (χ2n) is 8.90. The summed E-state index contributed by atoms with van der Waals surface area (Å²) in [4.78, 5) is 24.6. The Labute approximate surface area is 209 Å². The SMILES string of the molecule is Cc1cc(C)c2nc(N(CCCn3ccnc3)C(=O)c3ccc(Cc4ccccc4)cc3)sc2c1.